The molecular formula is C22H26N2O. The lowest BCUT2D eigenvalue weighted by molar-refractivity contribution is 0.0951. The molecule has 4 rings (SSSR count). The van der Waals surface area contributed by atoms with Crippen molar-refractivity contribution in [1.82, 2.24) is 10.2 Å². The van der Waals surface area contributed by atoms with Crippen molar-refractivity contribution in [1.29, 1.82) is 0 Å². The number of carbonyl (C=O) groups is 1. The Hall–Kier alpha value is -2.13. The molecule has 0 unspecified atom stereocenters. The molecule has 1 saturated heterocycles. The van der Waals surface area contributed by atoms with Gasteiger partial charge in [-0.25, -0.2) is 0 Å². The minimum absolute atomic E-state index is 0.0766. The highest BCUT2D eigenvalue weighted by Gasteiger charge is 2.36. The molecule has 2 aromatic rings. The first-order valence-electron chi connectivity index (χ1n) is 9.24. The van der Waals surface area contributed by atoms with Crippen LogP contribution < -0.4 is 5.32 Å². The molecule has 1 fully saturated rings. The molecule has 0 spiro atoms. The zero-order valence-corrected chi connectivity index (χ0v) is 15.3. The number of nitrogens with one attached hydrogen (secondary N) is 1. The van der Waals surface area contributed by atoms with Gasteiger partial charge in [0.25, 0.3) is 5.91 Å². The smallest absolute Gasteiger partial charge is 0.251 e. The molecular weight excluding hydrogens is 308 g/mol. The molecule has 0 aliphatic carbocycles. The van der Waals surface area contributed by atoms with Gasteiger partial charge in [0.2, 0.25) is 0 Å². The Morgan fingerprint density at radius 3 is 2.48 bits per heavy atom. The van der Waals surface area contributed by atoms with E-state index in [4.69, 9.17) is 0 Å². The normalized spacial score (nSPS) is 23.1. The molecule has 2 atom stereocenters. The van der Waals surface area contributed by atoms with Crippen LogP contribution in [0, 0.1) is 5.92 Å². The summed E-state index contributed by atoms with van der Waals surface area (Å²) in [6.07, 6.45) is 0. The summed E-state index contributed by atoms with van der Waals surface area (Å²) in [7, 11) is 2.17. The molecule has 2 aliphatic heterocycles. The molecule has 0 saturated carbocycles. The number of fused-ring (bicyclic) bond motifs is 3. The van der Waals surface area contributed by atoms with E-state index in [-0.39, 0.29) is 5.91 Å². The van der Waals surface area contributed by atoms with E-state index in [1.807, 2.05) is 0 Å². The third kappa shape index (κ3) is 2.98. The van der Waals surface area contributed by atoms with E-state index in [9.17, 15) is 4.79 Å². The topological polar surface area (TPSA) is 32.3 Å². The van der Waals surface area contributed by atoms with Crippen molar-refractivity contribution in [2.45, 2.75) is 25.7 Å². The lowest BCUT2D eigenvalue weighted by Crippen LogP contribution is -2.29. The minimum atomic E-state index is 0.0766. The van der Waals surface area contributed by atoms with Crippen LogP contribution in [-0.4, -0.2) is 37.5 Å². The van der Waals surface area contributed by atoms with Crippen LogP contribution in [0.5, 0.6) is 0 Å². The van der Waals surface area contributed by atoms with Gasteiger partial charge < -0.3 is 10.2 Å². The number of hydrogen-bond acceptors (Lipinski definition) is 2. The van der Waals surface area contributed by atoms with Crippen LogP contribution in [0.2, 0.25) is 0 Å². The molecule has 0 aromatic heterocycles. The fraction of sp³-hybridized carbons (Fsp3) is 0.409. The number of carbonyl (C=O) groups excluding carboxylic acids is 1. The van der Waals surface area contributed by atoms with Gasteiger partial charge >= 0.3 is 0 Å². The average molecular weight is 334 g/mol. The van der Waals surface area contributed by atoms with Gasteiger partial charge in [-0.1, -0.05) is 50.2 Å². The Kier molecular flexibility index (Phi) is 4.12. The second-order valence-corrected chi connectivity index (χ2v) is 7.88. The Balaban J connectivity index is 1.72. The van der Waals surface area contributed by atoms with Crippen molar-refractivity contribution in [2.24, 2.45) is 5.92 Å². The predicted octanol–water partition coefficient (Wildman–Crippen LogP) is 3.87. The first-order chi connectivity index (χ1) is 12.0. The van der Waals surface area contributed by atoms with Gasteiger partial charge in [-0.15, -0.1) is 0 Å². The van der Waals surface area contributed by atoms with E-state index < -0.39 is 0 Å². The Bertz CT molecular complexity index is 794. The molecule has 130 valence electrons. The Morgan fingerprint density at radius 2 is 1.76 bits per heavy atom. The highest BCUT2D eigenvalue weighted by atomic mass is 16.1. The van der Waals surface area contributed by atoms with Crippen LogP contribution in [0.3, 0.4) is 0 Å². The van der Waals surface area contributed by atoms with Crippen molar-refractivity contribution in [3.8, 4) is 11.1 Å². The SMILES string of the molecule is CC(C)c1ccc(-c2ccc3c(c2)C(=O)NC[C@H]2CN(C)C[C@H]32)cc1. The van der Waals surface area contributed by atoms with E-state index in [2.05, 4.69) is 73.6 Å². The van der Waals surface area contributed by atoms with Crippen molar-refractivity contribution in [3.05, 3.63) is 59.2 Å². The maximum atomic E-state index is 12.6. The second-order valence-electron chi connectivity index (χ2n) is 7.88. The molecule has 1 amide bonds. The number of rotatable bonds is 2. The largest absolute Gasteiger partial charge is 0.352 e. The van der Waals surface area contributed by atoms with Gasteiger partial charge in [-0.2, -0.15) is 0 Å². The first kappa shape index (κ1) is 16.3. The predicted molar refractivity (Wildman–Crippen MR) is 102 cm³/mol. The maximum absolute atomic E-state index is 12.6. The van der Waals surface area contributed by atoms with Crippen molar-refractivity contribution in [3.63, 3.8) is 0 Å². The summed E-state index contributed by atoms with van der Waals surface area (Å²) in [6.45, 7) is 7.28. The fourth-order valence-corrected chi connectivity index (χ4v) is 4.28. The van der Waals surface area contributed by atoms with Gasteiger partial charge in [-0.3, -0.25) is 4.79 Å². The number of amides is 1. The van der Waals surface area contributed by atoms with Crippen molar-refractivity contribution < 1.29 is 4.79 Å². The van der Waals surface area contributed by atoms with Crippen LogP contribution in [0.1, 0.15) is 47.2 Å². The number of likely N-dealkylation sites (N-methyl/N-ethyl adjacent to an activating group) is 1. The van der Waals surface area contributed by atoms with Crippen LogP contribution in [-0.2, 0) is 0 Å². The molecule has 3 heteroatoms. The quantitative estimate of drug-likeness (QED) is 0.904. The monoisotopic (exact) mass is 334 g/mol. The molecule has 0 radical (unpaired) electrons. The molecule has 2 heterocycles. The molecule has 2 aliphatic rings. The van der Waals surface area contributed by atoms with E-state index in [1.165, 1.54) is 16.7 Å². The molecule has 0 bridgehead atoms. The third-order valence-electron chi connectivity index (χ3n) is 5.76. The summed E-state index contributed by atoms with van der Waals surface area (Å²) in [6, 6.07) is 15.1. The first-order valence-corrected chi connectivity index (χ1v) is 9.24. The molecule has 3 nitrogen and oxygen atoms in total. The summed E-state index contributed by atoms with van der Waals surface area (Å²) < 4.78 is 0. The molecule has 2 aromatic carbocycles. The van der Waals surface area contributed by atoms with Crippen LogP contribution in [0.15, 0.2) is 42.5 Å². The van der Waals surface area contributed by atoms with E-state index in [0.29, 0.717) is 17.8 Å². The Morgan fingerprint density at radius 1 is 1.04 bits per heavy atom. The van der Waals surface area contributed by atoms with E-state index >= 15 is 0 Å². The standard InChI is InChI=1S/C22H26N2O/c1-14(2)15-4-6-16(7-5-15)17-8-9-19-20(10-17)22(25)23-11-18-12-24(3)13-21(18)19/h4-10,14,18,21H,11-13H2,1-3H3,(H,23,25)/t18-,21-/m0/s1. The highest BCUT2D eigenvalue weighted by molar-refractivity contribution is 5.97. The lowest BCUT2D eigenvalue weighted by atomic mass is 9.86. The number of nitrogens with zero attached hydrogens (tertiary/aromatic N) is 1. The summed E-state index contributed by atoms with van der Waals surface area (Å²) >= 11 is 0. The van der Waals surface area contributed by atoms with Gasteiger partial charge in [0, 0.05) is 31.1 Å². The Labute approximate surface area is 150 Å². The number of likely N-dealkylation sites (tertiary alicyclic amines) is 1. The van der Waals surface area contributed by atoms with Gasteiger partial charge in [0.05, 0.1) is 0 Å². The van der Waals surface area contributed by atoms with Crippen LogP contribution in [0.25, 0.3) is 11.1 Å². The highest BCUT2D eigenvalue weighted by Crippen LogP contribution is 2.37. The van der Waals surface area contributed by atoms with E-state index in [1.54, 1.807) is 0 Å². The summed E-state index contributed by atoms with van der Waals surface area (Å²) in [5, 5.41) is 3.13. The lowest BCUT2D eigenvalue weighted by Gasteiger charge is -2.17. The number of hydrogen-bond donors (Lipinski definition) is 1. The van der Waals surface area contributed by atoms with Gasteiger partial charge in [0.15, 0.2) is 0 Å². The number of benzene rings is 2. The van der Waals surface area contributed by atoms with Crippen molar-refractivity contribution in [2.75, 3.05) is 26.7 Å². The van der Waals surface area contributed by atoms with Crippen LogP contribution in [0.4, 0.5) is 0 Å². The van der Waals surface area contributed by atoms with Crippen molar-refractivity contribution >= 4 is 5.91 Å². The van der Waals surface area contributed by atoms with Crippen LogP contribution >= 0.6 is 0 Å². The average Bonchev–Trinajstić information content (AvgIpc) is 2.94. The summed E-state index contributed by atoms with van der Waals surface area (Å²) in [4.78, 5) is 15.0. The van der Waals surface area contributed by atoms with E-state index in [0.717, 1.165) is 30.8 Å². The zero-order valence-electron chi connectivity index (χ0n) is 15.3. The second kappa shape index (κ2) is 6.30. The molecule has 1 N–H and O–H groups in total. The summed E-state index contributed by atoms with van der Waals surface area (Å²) in [5.41, 5.74) is 5.70. The fourth-order valence-electron chi connectivity index (χ4n) is 4.28. The summed E-state index contributed by atoms with van der Waals surface area (Å²) in [5.74, 6) is 1.58. The minimum Gasteiger partial charge on any atom is -0.352 e. The van der Waals surface area contributed by atoms with Gasteiger partial charge in [-0.05, 0) is 47.2 Å². The third-order valence-corrected chi connectivity index (χ3v) is 5.76. The zero-order chi connectivity index (χ0) is 17.6. The maximum Gasteiger partial charge on any atom is 0.251 e. The van der Waals surface area contributed by atoms with Gasteiger partial charge in [0.1, 0.15) is 0 Å². The molecule has 25 heavy (non-hydrogen) atoms.